The van der Waals surface area contributed by atoms with E-state index in [1.54, 1.807) is 18.2 Å². The van der Waals surface area contributed by atoms with Crippen molar-refractivity contribution in [3.05, 3.63) is 22.6 Å². The van der Waals surface area contributed by atoms with Crippen LogP contribution in [0.15, 0.2) is 17.0 Å². The summed E-state index contributed by atoms with van der Waals surface area (Å²) in [5.41, 5.74) is 6.89. The summed E-state index contributed by atoms with van der Waals surface area (Å²) in [5, 5.41) is 1.78. The molecule has 2 rings (SSSR count). The first kappa shape index (κ1) is 13.3. The number of ether oxygens (including phenoxy) is 2. The number of amides is 2. The van der Waals surface area contributed by atoms with E-state index >= 15 is 0 Å². The minimum absolute atomic E-state index is 0.295. The molecule has 100 valence electrons. The van der Waals surface area contributed by atoms with Gasteiger partial charge in [0, 0.05) is 17.3 Å². The van der Waals surface area contributed by atoms with Gasteiger partial charge in [0.1, 0.15) is 0 Å². The highest BCUT2D eigenvalue weighted by Crippen LogP contribution is 2.34. The highest BCUT2D eigenvalue weighted by Gasteiger charge is 2.25. The predicted octanol–water partition coefficient (Wildman–Crippen LogP) is 1.61. The minimum Gasteiger partial charge on any atom is -0.493 e. The van der Waals surface area contributed by atoms with Crippen LogP contribution in [0.5, 0.6) is 11.5 Å². The first-order valence-electron chi connectivity index (χ1n) is 5.31. The third-order valence-electron chi connectivity index (χ3n) is 2.52. The molecule has 1 heterocycles. The number of thioether (sulfide) groups is 1. The zero-order chi connectivity index (χ0) is 14.0. The van der Waals surface area contributed by atoms with Crippen molar-refractivity contribution in [3.8, 4) is 11.5 Å². The molecule has 6 nitrogen and oxygen atoms in total. The fourth-order valence-corrected chi connectivity index (χ4v) is 2.27. The number of methoxy groups -OCH3 is 2. The van der Waals surface area contributed by atoms with Crippen molar-refractivity contribution in [2.45, 2.75) is 0 Å². The van der Waals surface area contributed by atoms with Gasteiger partial charge in [0.05, 0.1) is 19.1 Å². The van der Waals surface area contributed by atoms with Crippen molar-refractivity contribution in [2.75, 3.05) is 20.0 Å². The lowest BCUT2D eigenvalue weighted by molar-refractivity contribution is -0.115. The smallest absolute Gasteiger partial charge is 0.290 e. The number of nitrogens with one attached hydrogen (secondary N) is 1. The number of nitrogens with two attached hydrogens (primary N) is 1. The molecule has 3 N–H and O–H groups in total. The maximum absolute atomic E-state index is 11.5. The van der Waals surface area contributed by atoms with Crippen molar-refractivity contribution < 1.29 is 19.1 Å². The average molecular weight is 280 g/mol. The molecule has 0 spiro atoms. The fraction of sp³-hybridized carbons (Fsp3) is 0.167. The minimum atomic E-state index is -0.427. The second kappa shape index (κ2) is 5.23. The van der Waals surface area contributed by atoms with Gasteiger partial charge in [-0.15, -0.1) is 0 Å². The van der Waals surface area contributed by atoms with Gasteiger partial charge >= 0.3 is 0 Å². The Morgan fingerprint density at radius 2 is 1.84 bits per heavy atom. The Morgan fingerprint density at radius 3 is 2.37 bits per heavy atom. The Labute approximate surface area is 113 Å². The molecule has 7 heteroatoms. The largest absolute Gasteiger partial charge is 0.493 e. The maximum atomic E-state index is 11.5. The van der Waals surface area contributed by atoms with Crippen molar-refractivity contribution >= 4 is 34.7 Å². The normalized spacial score (nSPS) is 16.6. The highest BCUT2D eigenvalue weighted by atomic mass is 32.2. The number of imide groups is 1. The van der Waals surface area contributed by atoms with Crippen LogP contribution in [0.25, 0.3) is 6.08 Å². The second-order valence-electron chi connectivity index (χ2n) is 3.69. The van der Waals surface area contributed by atoms with Crippen LogP contribution in [0.3, 0.4) is 0 Å². The molecule has 0 bridgehead atoms. The third kappa shape index (κ3) is 2.65. The number of hydrogen-bond donors (Lipinski definition) is 2. The molecule has 1 aromatic rings. The van der Waals surface area contributed by atoms with E-state index in [1.165, 1.54) is 14.2 Å². The van der Waals surface area contributed by atoms with Crippen LogP contribution in [0.4, 0.5) is 10.5 Å². The summed E-state index contributed by atoms with van der Waals surface area (Å²) in [5.74, 6) is 0.573. The van der Waals surface area contributed by atoms with E-state index in [1.807, 2.05) is 0 Å². The zero-order valence-corrected chi connectivity index (χ0v) is 11.2. The van der Waals surface area contributed by atoms with Crippen LogP contribution in [-0.4, -0.2) is 25.4 Å². The Bertz CT molecular complexity index is 583. The molecule has 0 saturated carbocycles. The quantitative estimate of drug-likeness (QED) is 0.645. The van der Waals surface area contributed by atoms with Gasteiger partial charge in [-0.05, 0) is 23.9 Å². The summed E-state index contributed by atoms with van der Waals surface area (Å²) in [6, 6.07) is 3.25. The highest BCUT2D eigenvalue weighted by molar-refractivity contribution is 8.18. The van der Waals surface area contributed by atoms with Crippen LogP contribution in [0.2, 0.25) is 0 Å². The third-order valence-corrected chi connectivity index (χ3v) is 3.33. The van der Waals surface area contributed by atoms with Crippen LogP contribution in [0, 0.1) is 0 Å². The molecule has 0 radical (unpaired) electrons. The van der Waals surface area contributed by atoms with Gasteiger partial charge in [0.25, 0.3) is 11.1 Å². The molecule has 0 atom stereocenters. The van der Waals surface area contributed by atoms with Crippen molar-refractivity contribution in [1.29, 1.82) is 0 Å². The zero-order valence-electron chi connectivity index (χ0n) is 10.4. The van der Waals surface area contributed by atoms with Crippen molar-refractivity contribution in [1.82, 2.24) is 5.32 Å². The van der Waals surface area contributed by atoms with Gasteiger partial charge in [-0.1, -0.05) is 0 Å². The second-order valence-corrected chi connectivity index (χ2v) is 4.70. The summed E-state index contributed by atoms with van der Waals surface area (Å²) in [6.45, 7) is 0. The first-order valence-corrected chi connectivity index (χ1v) is 6.13. The van der Waals surface area contributed by atoms with E-state index in [0.717, 1.165) is 11.8 Å². The van der Waals surface area contributed by atoms with Gasteiger partial charge in [-0.25, -0.2) is 0 Å². The molecule has 1 aliphatic heterocycles. The van der Waals surface area contributed by atoms with Crippen LogP contribution in [0.1, 0.15) is 5.56 Å². The van der Waals surface area contributed by atoms with E-state index < -0.39 is 11.1 Å². The fourth-order valence-electron chi connectivity index (χ4n) is 1.60. The Hall–Kier alpha value is -2.15. The number of anilines is 1. The number of nitrogen functional groups attached to an aromatic ring is 1. The molecule has 2 amide bonds. The van der Waals surface area contributed by atoms with E-state index in [-0.39, 0.29) is 0 Å². The molecule has 1 saturated heterocycles. The monoisotopic (exact) mass is 280 g/mol. The molecule has 1 fully saturated rings. The topological polar surface area (TPSA) is 90.6 Å². The number of carbonyl (C=O) groups excluding carboxylic acids is 2. The van der Waals surface area contributed by atoms with E-state index in [2.05, 4.69) is 5.32 Å². The van der Waals surface area contributed by atoms with Gasteiger partial charge in [-0.3, -0.25) is 14.9 Å². The van der Waals surface area contributed by atoms with Crippen molar-refractivity contribution in [2.24, 2.45) is 0 Å². The number of rotatable bonds is 3. The molecular weight excluding hydrogens is 268 g/mol. The van der Waals surface area contributed by atoms with Crippen molar-refractivity contribution in [3.63, 3.8) is 0 Å². The summed E-state index contributed by atoms with van der Waals surface area (Å²) in [6.07, 6.45) is 1.54. The lowest BCUT2D eigenvalue weighted by Crippen LogP contribution is -2.17. The lowest BCUT2D eigenvalue weighted by Gasteiger charge is -2.10. The summed E-state index contributed by atoms with van der Waals surface area (Å²) in [7, 11) is 3.01. The SMILES string of the molecule is COc1cc(N)c(/C=C2\SC(=O)NC2=O)cc1OC. The van der Waals surface area contributed by atoms with E-state index in [4.69, 9.17) is 15.2 Å². The van der Waals surface area contributed by atoms with Gasteiger partial charge in [0.2, 0.25) is 0 Å². The lowest BCUT2D eigenvalue weighted by atomic mass is 10.1. The molecule has 0 aliphatic carbocycles. The molecule has 1 aliphatic rings. The summed E-state index contributed by atoms with van der Waals surface area (Å²) in [4.78, 5) is 22.8. The van der Waals surface area contributed by atoms with Gasteiger partial charge in [-0.2, -0.15) is 0 Å². The number of benzene rings is 1. The first-order chi connectivity index (χ1) is 9.05. The molecule has 19 heavy (non-hydrogen) atoms. The van der Waals surface area contributed by atoms with Crippen LogP contribution < -0.4 is 20.5 Å². The molecule has 1 aromatic carbocycles. The Kier molecular flexibility index (Phi) is 3.66. The van der Waals surface area contributed by atoms with Gasteiger partial charge in [0.15, 0.2) is 11.5 Å². The van der Waals surface area contributed by atoms with E-state index in [9.17, 15) is 9.59 Å². The number of carbonyl (C=O) groups is 2. The summed E-state index contributed by atoms with van der Waals surface area (Å²) < 4.78 is 10.3. The van der Waals surface area contributed by atoms with Gasteiger partial charge < -0.3 is 15.2 Å². The number of hydrogen-bond acceptors (Lipinski definition) is 6. The van der Waals surface area contributed by atoms with Crippen LogP contribution >= 0.6 is 11.8 Å². The Morgan fingerprint density at radius 1 is 1.21 bits per heavy atom. The molecular formula is C12H12N2O4S. The Balaban J connectivity index is 2.43. The molecule has 0 unspecified atom stereocenters. The average Bonchev–Trinajstić information content (AvgIpc) is 2.69. The summed E-state index contributed by atoms with van der Waals surface area (Å²) >= 11 is 0.835. The van der Waals surface area contributed by atoms with Crippen LogP contribution in [-0.2, 0) is 4.79 Å². The molecule has 0 aromatic heterocycles. The standard InChI is InChI=1S/C12H12N2O4S/c1-17-8-3-6(7(13)5-9(8)18-2)4-10-11(15)14-12(16)19-10/h3-5H,13H2,1-2H3,(H,14,15,16)/b10-4-. The predicted molar refractivity (Wildman–Crippen MR) is 73.1 cm³/mol. The maximum Gasteiger partial charge on any atom is 0.290 e. The van der Waals surface area contributed by atoms with E-state index in [0.29, 0.717) is 27.7 Å².